The van der Waals surface area contributed by atoms with Gasteiger partial charge in [-0.3, -0.25) is 4.99 Å². The Bertz CT molecular complexity index is 481. The molecule has 5 heteroatoms. The van der Waals surface area contributed by atoms with E-state index in [2.05, 4.69) is 33.5 Å². The first-order valence-electron chi connectivity index (χ1n) is 8.15. The summed E-state index contributed by atoms with van der Waals surface area (Å²) in [5.41, 5.74) is 1.16. The lowest BCUT2D eigenvalue weighted by atomic mass is 10.1. The number of rotatable bonds is 5. The third kappa shape index (κ3) is 5.50. The van der Waals surface area contributed by atoms with Gasteiger partial charge in [0.15, 0.2) is 5.96 Å². The molecule has 122 valence electrons. The first-order valence-corrected chi connectivity index (χ1v) is 8.53. The number of aliphatic imine (C=N–C) groups is 1. The van der Waals surface area contributed by atoms with E-state index in [-0.39, 0.29) is 0 Å². The molecule has 4 nitrogen and oxygen atoms in total. The number of nitrogens with one attached hydrogen (secondary N) is 2. The topological polar surface area (TPSA) is 39.7 Å². The average molecular weight is 323 g/mol. The summed E-state index contributed by atoms with van der Waals surface area (Å²) in [6, 6.07) is 8.42. The smallest absolute Gasteiger partial charge is 0.191 e. The number of piperidine rings is 1. The molecule has 2 N–H and O–H groups in total. The largest absolute Gasteiger partial charge is 0.354 e. The molecule has 1 heterocycles. The molecule has 0 radical (unpaired) electrons. The second-order valence-corrected chi connectivity index (χ2v) is 6.25. The van der Waals surface area contributed by atoms with Crippen molar-refractivity contribution in [1.82, 2.24) is 15.5 Å². The van der Waals surface area contributed by atoms with E-state index in [0.717, 1.165) is 23.1 Å². The number of hydrogen-bond donors (Lipinski definition) is 2. The summed E-state index contributed by atoms with van der Waals surface area (Å²) in [6.07, 6.45) is 3.59. The zero-order valence-electron chi connectivity index (χ0n) is 13.6. The summed E-state index contributed by atoms with van der Waals surface area (Å²) < 4.78 is 0. The molecule has 1 aromatic carbocycles. The van der Waals surface area contributed by atoms with Gasteiger partial charge < -0.3 is 15.5 Å². The number of benzene rings is 1. The SMILES string of the molecule is CCCN1CCC(NC(=NC)NCc2cccc(Cl)c2)CC1. The molecule has 0 unspecified atom stereocenters. The second kappa shape index (κ2) is 9.01. The lowest BCUT2D eigenvalue weighted by Crippen LogP contribution is -2.48. The summed E-state index contributed by atoms with van der Waals surface area (Å²) in [5, 5.41) is 7.66. The van der Waals surface area contributed by atoms with Crippen molar-refractivity contribution >= 4 is 17.6 Å². The maximum absolute atomic E-state index is 6.01. The first kappa shape index (κ1) is 17.1. The Labute approximate surface area is 138 Å². The third-order valence-electron chi connectivity index (χ3n) is 4.04. The van der Waals surface area contributed by atoms with Gasteiger partial charge in [-0.2, -0.15) is 0 Å². The van der Waals surface area contributed by atoms with Gasteiger partial charge in [0.25, 0.3) is 0 Å². The Morgan fingerprint density at radius 2 is 2.14 bits per heavy atom. The van der Waals surface area contributed by atoms with Crippen LogP contribution in [0.1, 0.15) is 31.7 Å². The maximum atomic E-state index is 6.01. The van der Waals surface area contributed by atoms with Crippen molar-refractivity contribution < 1.29 is 0 Å². The van der Waals surface area contributed by atoms with Crippen molar-refractivity contribution in [1.29, 1.82) is 0 Å². The molecule has 1 aromatic rings. The van der Waals surface area contributed by atoms with Crippen LogP contribution < -0.4 is 10.6 Å². The van der Waals surface area contributed by atoms with E-state index in [1.807, 2.05) is 25.2 Å². The monoisotopic (exact) mass is 322 g/mol. The van der Waals surface area contributed by atoms with Gasteiger partial charge in [-0.1, -0.05) is 30.7 Å². The van der Waals surface area contributed by atoms with Crippen LogP contribution in [-0.4, -0.2) is 43.6 Å². The number of likely N-dealkylation sites (tertiary alicyclic amines) is 1. The molecule has 0 saturated carbocycles. The normalized spacial score (nSPS) is 17.5. The van der Waals surface area contributed by atoms with Gasteiger partial charge in [-0.15, -0.1) is 0 Å². The molecule has 2 rings (SSSR count). The molecule has 0 atom stereocenters. The van der Waals surface area contributed by atoms with Gasteiger partial charge in [0.05, 0.1) is 0 Å². The van der Waals surface area contributed by atoms with E-state index in [1.54, 1.807) is 0 Å². The van der Waals surface area contributed by atoms with E-state index < -0.39 is 0 Å². The van der Waals surface area contributed by atoms with E-state index in [4.69, 9.17) is 11.6 Å². The molecule has 1 saturated heterocycles. The molecular weight excluding hydrogens is 296 g/mol. The molecule has 1 aliphatic rings. The number of hydrogen-bond acceptors (Lipinski definition) is 2. The lowest BCUT2D eigenvalue weighted by Gasteiger charge is -2.32. The zero-order valence-corrected chi connectivity index (χ0v) is 14.4. The quantitative estimate of drug-likeness (QED) is 0.647. The summed E-state index contributed by atoms with van der Waals surface area (Å²) >= 11 is 6.01. The molecule has 1 fully saturated rings. The standard InChI is InChI=1S/C17H27ClN4/c1-3-9-22-10-7-16(8-11-22)21-17(19-2)20-13-14-5-4-6-15(18)12-14/h4-6,12,16H,3,7-11,13H2,1-2H3,(H2,19,20,21). The number of halogens is 1. The van der Waals surface area contributed by atoms with Crippen molar-refractivity contribution in [2.75, 3.05) is 26.7 Å². The number of guanidine groups is 1. The van der Waals surface area contributed by atoms with Crippen molar-refractivity contribution in [3.05, 3.63) is 34.9 Å². The summed E-state index contributed by atoms with van der Waals surface area (Å²) in [4.78, 5) is 6.86. The Morgan fingerprint density at radius 3 is 2.77 bits per heavy atom. The number of nitrogens with zero attached hydrogens (tertiary/aromatic N) is 2. The summed E-state index contributed by atoms with van der Waals surface area (Å²) in [6.45, 7) is 6.54. The fourth-order valence-corrected chi connectivity index (χ4v) is 3.05. The third-order valence-corrected chi connectivity index (χ3v) is 4.28. The van der Waals surface area contributed by atoms with Gasteiger partial charge >= 0.3 is 0 Å². The van der Waals surface area contributed by atoms with Gasteiger partial charge in [-0.05, 0) is 43.5 Å². The van der Waals surface area contributed by atoms with Gasteiger partial charge in [0, 0.05) is 37.7 Å². The van der Waals surface area contributed by atoms with Crippen LogP contribution in [0.25, 0.3) is 0 Å². The Morgan fingerprint density at radius 1 is 1.36 bits per heavy atom. The van der Waals surface area contributed by atoms with Crippen LogP contribution >= 0.6 is 11.6 Å². The fraction of sp³-hybridized carbons (Fsp3) is 0.588. The Kier molecular flexibility index (Phi) is 7.00. The summed E-state index contributed by atoms with van der Waals surface area (Å²) in [5.74, 6) is 0.869. The molecule has 22 heavy (non-hydrogen) atoms. The molecule has 0 aliphatic carbocycles. The predicted octanol–water partition coefficient (Wildman–Crippen LogP) is 2.88. The molecular formula is C17H27ClN4. The van der Waals surface area contributed by atoms with Crippen LogP contribution in [0.4, 0.5) is 0 Å². The van der Waals surface area contributed by atoms with Crippen molar-refractivity contribution in [3.63, 3.8) is 0 Å². The average Bonchev–Trinajstić information content (AvgIpc) is 2.53. The van der Waals surface area contributed by atoms with Crippen LogP contribution in [0, 0.1) is 0 Å². The van der Waals surface area contributed by atoms with Gasteiger partial charge in [0.2, 0.25) is 0 Å². The van der Waals surface area contributed by atoms with Crippen LogP contribution in [-0.2, 0) is 6.54 Å². The highest BCUT2D eigenvalue weighted by molar-refractivity contribution is 6.30. The lowest BCUT2D eigenvalue weighted by molar-refractivity contribution is 0.206. The van der Waals surface area contributed by atoms with Crippen molar-refractivity contribution in [2.45, 2.75) is 38.8 Å². The van der Waals surface area contributed by atoms with Crippen molar-refractivity contribution in [3.8, 4) is 0 Å². The van der Waals surface area contributed by atoms with E-state index in [0.29, 0.717) is 6.04 Å². The minimum Gasteiger partial charge on any atom is -0.354 e. The van der Waals surface area contributed by atoms with E-state index in [9.17, 15) is 0 Å². The molecule has 0 bridgehead atoms. The van der Waals surface area contributed by atoms with Gasteiger partial charge in [-0.25, -0.2) is 0 Å². The minimum atomic E-state index is 0.513. The Hall–Kier alpha value is -1.26. The van der Waals surface area contributed by atoms with Gasteiger partial charge in [0.1, 0.15) is 0 Å². The highest BCUT2D eigenvalue weighted by Gasteiger charge is 2.19. The predicted molar refractivity (Wildman–Crippen MR) is 94.5 cm³/mol. The molecule has 1 aliphatic heterocycles. The fourth-order valence-electron chi connectivity index (χ4n) is 2.84. The van der Waals surface area contributed by atoms with Crippen LogP contribution in [0.3, 0.4) is 0 Å². The minimum absolute atomic E-state index is 0.513. The second-order valence-electron chi connectivity index (χ2n) is 5.82. The van der Waals surface area contributed by atoms with Crippen molar-refractivity contribution in [2.24, 2.45) is 4.99 Å². The van der Waals surface area contributed by atoms with E-state index in [1.165, 1.54) is 38.9 Å². The Balaban J connectivity index is 1.76. The van der Waals surface area contributed by atoms with Crippen LogP contribution in [0.15, 0.2) is 29.3 Å². The summed E-state index contributed by atoms with van der Waals surface area (Å²) in [7, 11) is 1.82. The van der Waals surface area contributed by atoms with Crippen LogP contribution in [0.5, 0.6) is 0 Å². The molecule has 0 amide bonds. The first-order chi connectivity index (χ1) is 10.7. The zero-order chi connectivity index (χ0) is 15.8. The highest BCUT2D eigenvalue weighted by Crippen LogP contribution is 2.11. The molecule has 0 spiro atoms. The molecule has 0 aromatic heterocycles. The maximum Gasteiger partial charge on any atom is 0.191 e. The van der Waals surface area contributed by atoms with E-state index >= 15 is 0 Å². The van der Waals surface area contributed by atoms with Crippen LogP contribution in [0.2, 0.25) is 5.02 Å². The highest BCUT2D eigenvalue weighted by atomic mass is 35.5.